The third-order valence-electron chi connectivity index (χ3n) is 13.2. The fraction of sp³-hybridized carbons (Fsp3) is 0.0526. The van der Waals surface area contributed by atoms with Gasteiger partial charge in [0.25, 0.3) is 0 Å². The Morgan fingerprint density at radius 1 is 0.390 bits per heavy atom. The summed E-state index contributed by atoms with van der Waals surface area (Å²) in [6.07, 6.45) is 0. The molecule has 0 aliphatic heterocycles. The second-order valence-corrected chi connectivity index (χ2v) is 17.8. The maximum Gasteiger partial charge on any atom is 0.143 e. The van der Waals surface area contributed by atoms with E-state index in [-0.39, 0.29) is 5.41 Å². The van der Waals surface area contributed by atoms with E-state index in [4.69, 9.17) is 4.42 Å². The summed E-state index contributed by atoms with van der Waals surface area (Å²) in [4.78, 5) is 0. The van der Waals surface area contributed by atoms with Crippen LogP contribution in [0.4, 0.5) is 0 Å². The summed E-state index contributed by atoms with van der Waals surface area (Å²) < 4.78 is 9.19. The number of fused-ring (bicyclic) bond motifs is 15. The van der Waals surface area contributed by atoms with Gasteiger partial charge in [0.15, 0.2) is 0 Å². The summed E-state index contributed by atoms with van der Waals surface area (Å²) in [7, 11) is 0. The van der Waals surface area contributed by atoms with E-state index >= 15 is 0 Å². The minimum atomic E-state index is -0.180. The Balaban J connectivity index is 0.953. The van der Waals surface area contributed by atoms with Crippen LogP contribution in [0.15, 0.2) is 186 Å². The molecule has 13 rings (SSSR count). The molecule has 0 N–H and O–H groups in total. The van der Waals surface area contributed by atoms with Gasteiger partial charge < -0.3 is 4.42 Å². The fourth-order valence-corrected chi connectivity index (χ4v) is 11.8. The van der Waals surface area contributed by atoms with Crippen molar-refractivity contribution in [1.29, 1.82) is 0 Å². The first-order valence-electron chi connectivity index (χ1n) is 20.5. The monoisotopic (exact) mass is 768 g/mol. The molecule has 12 aromatic rings. The van der Waals surface area contributed by atoms with Gasteiger partial charge in [-0.25, -0.2) is 0 Å². The molecule has 0 saturated carbocycles. The zero-order chi connectivity index (χ0) is 39.0. The molecule has 59 heavy (non-hydrogen) atoms. The molecule has 0 fully saturated rings. The quantitative estimate of drug-likeness (QED) is 0.163. The molecule has 2 heterocycles. The third-order valence-corrected chi connectivity index (χ3v) is 14.4. The molecule has 0 spiro atoms. The van der Waals surface area contributed by atoms with E-state index < -0.39 is 0 Å². The summed E-state index contributed by atoms with van der Waals surface area (Å²) in [5, 5.41) is 12.5. The highest BCUT2D eigenvalue weighted by Crippen LogP contribution is 2.53. The molecule has 0 amide bonds. The Hall–Kier alpha value is -7.00. The molecule has 10 aromatic carbocycles. The molecule has 2 heteroatoms. The van der Waals surface area contributed by atoms with E-state index in [9.17, 15) is 0 Å². The van der Waals surface area contributed by atoms with Crippen LogP contribution < -0.4 is 0 Å². The van der Waals surface area contributed by atoms with Crippen molar-refractivity contribution in [3.8, 4) is 44.5 Å². The molecule has 0 saturated heterocycles. The predicted molar refractivity (Wildman–Crippen MR) is 253 cm³/mol. The minimum absolute atomic E-state index is 0.180. The molecule has 1 aliphatic carbocycles. The predicted octanol–water partition coefficient (Wildman–Crippen LogP) is 16.7. The van der Waals surface area contributed by atoms with E-state index in [1.807, 2.05) is 11.3 Å². The molecular formula is C57H36OS. The van der Waals surface area contributed by atoms with E-state index in [2.05, 4.69) is 196 Å². The van der Waals surface area contributed by atoms with Crippen molar-refractivity contribution in [3.05, 3.63) is 193 Å². The highest BCUT2D eigenvalue weighted by Gasteiger charge is 2.36. The first kappa shape index (κ1) is 33.0. The Kier molecular flexibility index (Phi) is 6.73. The number of hydrogen-bond donors (Lipinski definition) is 0. The van der Waals surface area contributed by atoms with Crippen molar-refractivity contribution in [2.45, 2.75) is 19.3 Å². The summed E-state index contributed by atoms with van der Waals surface area (Å²) in [6.45, 7) is 4.81. The lowest BCUT2D eigenvalue weighted by Gasteiger charge is -2.23. The van der Waals surface area contributed by atoms with Gasteiger partial charge in [-0.05, 0) is 101 Å². The smallest absolute Gasteiger partial charge is 0.143 e. The molecule has 0 unspecified atom stereocenters. The highest BCUT2D eigenvalue weighted by molar-refractivity contribution is 7.27. The summed E-state index contributed by atoms with van der Waals surface area (Å²) in [6, 6.07) is 67.4. The van der Waals surface area contributed by atoms with Crippen LogP contribution in [0.1, 0.15) is 25.0 Å². The summed E-state index contributed by atoms with van der Waals surface area (Å²) >= 11 is 1.90. The summed E-state index contributed by atoms with van der Waals surface area (Å²) in [5.74, 6) is 0. The molecule has 276 valence electrons. The van der Waals surface area contributed by atoms with Gasteiger partial charge >= 0.3 is 0 Å². The maximum atomic E-state index is 6.57. The highest BCUT2D eigenvalue weighted by atomic mass is 32.1. The third kappa shape index (κ3) is 4.55. The van der Waals surface area contributed by atoms with Crippen molar-refractivity contribution in [2.24, 2.45) is 0 Å². The Morgan fingerprint density at radius 2 is 0.898 bits per heavy atom. The van der Waals surface area contributed by atoms with Gasteiger partial charge in [0.05, 0.1) is 0 Å². The van der Waals surface area contributed by atoms with Crippen molar-refractivity contribution in [2.75, 3.05) is 0 Å². The molecule has 0 bridgehead atoms. The average molecular weight is 769 g/mol. The topological polar surface area (TPSA) is 13.1 Å². The lowest BCUT2D eigenvalue weighted by molar-refractivity contribution is 0.661. The Labute approximate surface area is 345 Å². The van der Waals surface area contributed by atoms with E-state index in [1.54, 1.807) is 0 Å². The van der Waals surface area contributed by atoms with Crippen LogP contribution in [0.25, 0.3) is 119 Å². The Bertz CT molecular complexity index is 3690. The van der Waals surface area contributed by atoms with Gasteiger partial charge in [-0.1, -0.05) is 172 Å². The Morgan fingerprint density at radius 3 is 1.58 bits per heavy atom. The van der Waals surface area contributed by atoms with Crippen molar-refractivity contribution in [1.82, 2.24) is 0 Å². The van der Waals surface area contributed by atoms with Gasteiger partial charge in [-0.3, -0.25) is 0 Å². The number of rotatable bonds is 3. The van der Waals surface area contributed by atoms with Crippen LogP contribution >= 0.6 is 11.3 Å². The van der Waals surface area contributed by atoms with E-state index in [1.165, 1.54) is 119 Å². The first-order valence-corrected chi connectivity index (χ1v) is 21.3. The second kappa shape index (κ2) is 12.0. The zero-order valence-corrected chi connectivity index (χ0v) is 33.5. The van der Waals surface area contributed by atoms with Crippen molar-refractivity contribution >= 4 is 85.8 Å². The number of para-hydroxylation sites is 1. The van der Waals surface area contributed by atoms with E-state index in [0.29, 0.717) is 0 Å². The molecule has 0 radical (unpaired) electrons. The summed E-state index contributed by atoms with van der Waals surface area (Å²) in [5.41, 5.74) is 14.8. The van der Waals surface area contributed by atoms with Crippen LogP contribution in [0, 0.1) is 0 Å². The average Bonchev–Trinajstić information content (AvgIpc) is 3.93. The number of furan rings is 1. The van der Waals surface area contributed by atoms with Gasteiger partial charge in [0.1, 0.15) is 11.2 Å². The lowest BCUT2D eigenvalue weighted by atomic mass is 9.80. The lowest BCUT2D eigenvalue weighted by Crippen LogP contribution is -2.15. The minimum Gasteiger partial charge on any atom is -0.455 e. The normalized spacial score (nSPS) is 13.4. The van der Waals surface area contributed by atoms with Crippen molar-refractivity contribution in [3.63, 3.8) is 0 Å². The second-order valence-electron chi connectivity index (χ2n) is 16.7. The zero-order valence-electron chi connectivity index (χ0n) is 32.6. The fourth-order valence-electron chi connectivity index (χ4n) is 10.5. The SMILES string of the molecule is CC1(C)c2cc(-c3ccc4c(c3)sc3c5ccccc5c5oc6ccccc6c5c43)ccc2-c2ccc(-c3c4ccccc4c(-c4ccccc4)c4ccccc34)cc21. The standard InChI is InChI=1S/C57H36OS/c1-57(2)47-30-34(35-25-29-46-50(32-35)59-56-44-21-11-10-20-43(44)55-53(54(46)56)45-22-12-13-23-49(45)58-55)24-27-37(47)38-28-26-36(31-48(38)57)52-41-18-8-6-16-39(41)51(33-14-4-3-5-15-33)40-17-7-9-19-42(40)52/h3-32H,1-2H3. The number of benzene rings is 10. The van der Waals surface area contributed by atoms with Gasteiger partial charge in [-0.15, -0.1) is 11.3 Å². The van der Waals surface area contributed by atoms with Gasteiger partial charge in [0.2, 0.25) is 0 Å². The largest absolute Gasteiger partial charge is 0.455 e. The van der Waals surface area contributed by atoms with Gasteiger partial charge in [-0.2, -0.15) is 0 Å². The van der Waals surface area contributed by atoms with Crippen molar-refractivity contribution < 1.29 is 4.42 Å². The first-order chi connectivity index (χ1) is 29.0. The molecule has 2 aromatic heterocycles. The van der Waals surface area contributed by atoms with Crippen LogP contribution in [-0.2, 0) is 5.41 Å². The van der Waals surface area contributed by atoms with Gasteiger partial charge in [0, 0.05) is 47.1 Å². The van der Waals surface area contributed by atoms with E-state index in [0.717, 1.165) is 11.2 Å². The maximum absolute atomic E-state index is 6.57. The van der Waals surface area contributed by atoms with Crippen LogP contribution in [0.3, 0.4) is 0 Å². The van der Waals surface area contributed by atoms with Crippen LogP contribution in [0.2, 0.25) is 0 Å². The molecule has 1 aliphatic rings. The number of thiophene rings is 1. The number of hydrogen-bond acceptors (Lipinski definition) is 2. The van der Waals surface area contributed by atoms with Crippen LogP contribution in [-0.4, -0.2) is 0 Å². The molecule has 0 atom stereocenters. The van der Waals surface area contributed by atoms with Crippen LogP contribution in [0.5, 0.6) is 0 Å². The molecule has 1 nitrogen and oxygen atoms in total. The molecular weight excluding hydrogens is 733 g/mol.